The molecule has 0 amide bonds. The predicted octanol–water partition coefficient (Wildman–Crippen LogP) is 8.91. The third-order valence-corrected chi connectivity index (χ3v) is 6.99. The Bertz CT molecular complexity index is 849. The summed E-state index contributed by atoms with van der Waals surface area (Å²) in [5.74, 6) is 8.62. The molecular formula is C32H42. The van der Waals surface area contributed by atoms with Crippen LogP contribution >= 0.6 is 0 Å². The lowest BCUT2D eigenvalue weighted by Gasteiger charge is -2.28. The van der Waals surface area contributed by atoms with Crippen molar-refractivity contribution in [1.82, 2.24) is 0 Å². The number of rotatable bonds is 10. The van der Waals surface area contributed by atoms with Crippen LogP contribution < -0.4 is 0 Å². The Balaban J connectivity index is 1.42. The van der Waals surface area contributed by atoms with Crippen LogP contribution in [0.3, 0.4) is 0 Å². The molecule has 1 fully saturated rings. The number of benzene rings is 2. The molecule has 170 valence electrons. The van der Waals surface area contributed by atoms with E-state index in [0.717, 1.165) is 35.8 Å². The van der Waals surface area contributed by atoms with Crippen LogP contribution in [0.15, 0.2) is 60.7 Å². The first-order valence-electron chi connectivity index (χ1n) is 13.1. The van der Waals surface area contributed by atoms with E-state index in [1.165, 1.54) is 75.3 Å². The van der Waals surface area contributed by atoms with Crippen LogP contribution in [0.2, 0.25) is 0 Å². The van der Waals surface area contributed by atoms with E-state index in [4.69, 9.17) is 0 Å². The van der Waals surface area contributed by atoms with Crippen molar-refractivity contribution in [3.8, 4) is 11.8 Å². The maximum Gasteiger partial charge on any atom is 0.0249 e. The third-order valence-electron chi connectivity index (χ3n) is 6.99. The monoisotopic (exact) mass is 426 g/mol. The van der Waals surface area contributed by atoms with E-state index in [9.17, 15) is 0 Å². The average molecular weight is 427 g/mol. The van der Waals surface area contributed by atoms with Crippen LogP contribution in [0, 0.1) is 23.7 Å². The smallest absolute Gasteiger partial charge is 0.0249 e. The number of allylic oxidation sites excluding steroid dienone is 2. The van der Waals surface area contributed by atoms with Crippen LogP contribution in [-0.2, 0) is 12.8 Å². The fraction of sp³-hybridized carbons (Fsp3) is 0.500. The van der Waals surface area contributed by atoms with E-state index >= 15 is 0 Å². The number of hydrogen-bond acceptors (Lipinski definition) is 0. The maximum atomic E-state index is 3.34. The lowest BCUT2D eigenvalue weighted by atomic mass is 9.78. The van der Waals surface area contributed by atoms with Gasteiger partial charge in [0, 0.05) is 11.1 Å². The summed E-state index contributed by atoms with van der Waals surface area (Å²) in [4.78, 5) is 0. The molecule has 3 rings (SSSR count). The normalized spacial score (nSPS) is 18.4. The van der Waals surface area contributed by atoms with Crippen LogP contribution in [0.4, 0.5) is 0 Å². The molecule has 0 spiro atoms. The standard InChI is InChI=1S/C32H42/c1-3-5-6-7-8-10-28-13-17-30(18-14-28)20-22-32-25-23-31(24-26-32)21-19-29-15-11-27(9-4-2)12-16-29/h6-7,13-14,17-18,23-27,29H,3-5,8-12,15-16,19,21H2,1-2H3/b7-6+. The summed E-state index contributed by atoms with van der Waals surface area (Å²) in [5.41, 5.74) is 5.06. The summed E-state index contributed by atoms with van der Waals surface area (Å²) in [6.45, 7) is 4.55. The molecule has 0 saturated heterocycles. The molecule has 0 heterocycles. The Morgan fingerprint density at radius 2 is 1.12 bits per heavy atom. The van der Waals surface area contributed by atoms with Gasteiger partial charge >= 0.3 is 0 Å². The average Bonchev–Trinajstić information content (AvgIpc) is 2.84. The van der Waals surface area contributed by atoms with E-state index in [1.54, 1.807) is 0 Å². The van der Waals surface area contributed by atoms with Crippen LogP contribution in [0.1, 0.15) is 100 Å². The van der Waals surface area contributed by atoms with Gasteiger partial charge in [0.2, 0.25) is 0 Å². The molecule has 1 saturated carbocycles. The summed E-state index contributed by atoms with van der Waals surface area (Å²) in [6.07, 6.45) is 20.4. The molecule has 0 heteroatoms. The second-order valence-corrected chi connectivity index (χ2v) is 9.66. The first kappa shape index (κ1) is 24.4. The highest BCUT2D eigenvalue weighted by molar-refractivity contribution is 5.44. The second kappa shape index (κ2) is 14.0. The van der Waals surface area contributed by atoms with Crippen molar-refractivity contribution in [2.75, 3.05) is 0 Å². The van der Waals surface area contributed by atoms with Crippen molar-refractivity contribution in [2.24, 2.45) is 11.8 Å². The summed E-state index contributed by atoms with van der Waals surface area (Å²) in [7, 11) is 0. The molecule has 0 N–H and O–H groups in total. The molecule has 0 unspecified atom stereocenters. The summed E-state index contributed by atoms with van der Waals surface area (Å²) in [6, 6.07) is 17.7. The fourth-order valence-electron chi connectivity index (χ4n) is 4.89. The molecule has 1 aliphatic rings. The van der Waals surface area contributed by atoms with Gasteiger partial charge in [-0.25, -0.2) is 0 Å². The minimum atomic E-state index is 0.943. The minimum Gasteiger partial charge on any atom is -0.0885 e. The first-order chi connectivity index (χ1) is 15.8. The molecule has 2 aromatic carbocycles. The van der Waals surface area contributed by atoms with Gasteiger partial charge in [-0.15, -0.1) is 0 Å². The topological polar surface area (TPSA) is 0 Å². The van der Waals surface area contributed by atoms with E-state index < -0.39 is 0 Å². The zero-order valence-corrected chi connectivity index (χ0v) is 20.4. The van der Waals surface area contributed by atoms with Gasteiger partial charge in [-0.3, -0.25) is 0 Å². The van der Waals surface area contributed by atoms with Gasteiger partial charge in [-0.2, -0.15) is 0 Å². The maximum absolute atomic E-state index is 3.34. The zero-order chi connectivity index (χ0) is 22.4. The molecule has 0 bridgehead atoms. The van der Waals surface area contributed by atoms with Gasteiger partial charge in [-0.1, -0.05) is 107 Å². The molecule has 1 aliphatic carbocycles. The van der Waals surface area contributed by atoms with Crippen LogP contribution in [0.25, 0.3) is 0 Å². The van der Waals surface area contributed by atoms with Crippen molar-refractivity contribution >= 4 is 0 Å². The van der Waals surface area contributed by atoms with E-state index in [1.807, 2.05) is 0 Å². The largest absolute Gasteiger partial charge is 0.0885 e. The van der Waals surface area contributed by atoms with Crippen molar-refractivity contribution in [3.63, 3.8) is 0 Å². The molecule has 32 heavy (non-hydrogen) atoms. The quantitative estimate of drug-likeness (QED) is 0.263. The van der Waals surface area contributed by atoms with Gasteiger partial charge in [0.1, 0.15) is 0 Å². The first-order valence-corrected chi connectivity index (χ1v) is 13.1. The third kappa shape index (κ3) is 8.70. The highest BCUT2D eigenvalue weighted by Crippen LogP contribution is 2.33. The lowest BCUT2D eigenvalue weighted by molar-refractivity contribution is 0.252. The molecule has 0 aliphatic heterocycles. The van der Waals surface area contributed by atoms with E-state index in [2.05, 4.69) is 86.4 Å². The number of aryl methyl sites for hydroxylation is 2. The minimum absolute atomic E-state index is 0.943. The second-order valence-electron chi connectivity index (χ2n) is 9.66. The Morgan fingerprint density at radius 1 is 0.625 bits per heavy atom. The van der Waals surface area contributed by atoms with Crippen molar-refractivity contribution in [2.45, 2.75) is 90.9 Å². The fourth-order valence-corrected chi connectivity index (χ4v) is 4.89. The summed E-state index contributed by atoms with van der Waals surface area (Å²) in [5, 5.41) is 0. The van der Waals surface area contributed by atoms with Gasteiger partial charge in [-0.05, 0) is 79.3 Å². The SMILES string of the molecule is CCC/C=C/CCc1ccc(C#Cc2ccc(CCC3CCC(CCC)CC3)cc2)cc1. The number of hydrogen-bond donors (Lipinski definition) is 0. The predicted molar refractivity (Wildman–Crippen MR) is 140 cm³/mol. The van der Waals surface area contributed by atoms with Gasteiger partial charge in [0.25, 0.3) is 0 Å². The van der Waals surface area contributed by atoms with Crippen LogP contribution in [0.5, 0.6) is 0 Å². The van der Waals surface area contributed by atoms with Crippen molar-refractivity contribution in [3.05, 3.63) is 82.9 Å². The molecule has 0 radical (unpaired) electrons. The van der Waals surface area contributed by atoms with Gasteiger partial charge in [0.05, 0.1) is 0 Å². The Hall–Kier alpha value is -2.26. The molecule has 0 nitrogen and oxygen atoms in total. The highest BCUT2D eigenvalue weighted by Gasteiger charge is 2.20. The van der Waals surface area contributed by atoms with Gasteiger partial charge < -0.3 is 0 Å². The van der Waals surface area contributed by atoms with E-state index in [-0.39, 0.29) is 0 Å². The number of unbranched alkanes of at least 4 members (excludes halogenated alkanes) is 1. The van der Waals surface area contributed by atoms with E-state index in [0.29, 0.717) is 0 Å². The zero-order valence-electron chi connectivity index (χ0n) is 20.4. The van der Waals surface area contributed by atoms with Crippen LogP contribution in [-0.4, -0.2) is 0 Å². The molecule has 0 aromatic heterocycles. The summed E-state index contributed by atoms with van der Waals surface area (Å²) < 4.78 is 0. The lowest BCUT2D eigenvalue weighted by Crippen LogP contribution is -2.15. The highest BCUT2D eigenvalue weighted by atomic mass is 14.3. The van der Waals surface area contributed by atoms with Crippen molar-refractivity contribution in [1.29, 1.82) is 0 Å². The molecular weight excluding hydrogens is 384 g/mol. The summed E-state index contributed by atoms with van der Waals surface area (Å²) >= 11 is 0. The molecule has 2 aromatic rings. The van der Waals surface area contributed by atoms with Crippen molar-refractivity contribution < 1.29 is 0 Å². The Morgan fingerprint density at radius 3 is 1.66 bits per heavy atom. The Labute approximate surface area is 197 Å². The van der Waals surface area contributed by atoms with Gasteiger partial charge in [0.15, 0.2) is 0 Å². The molecule has 0 atom stereocenters. The Kier molecular flexibility index (Phi) is 10.7.